The van der Waals surface area contributed by atoms with Gasteiger partial charge in [-0.1, -0.05) is 29.8 Å². The molecule has 1 aromatic heterocycles. The topological polar surface area (TPSA) is 91.8 Å². The summed E-state index contributed by atoms with van der Waals surface area (Å²) in [6.45, 7) is 2.12. The van der Waals surface area contributed by atoms with Crippen LogP contribution >= 0.6 is 11.6 Å². The van der Waals surface area contributed by atoms with Crippen molar-refractivity contribution in [3.05, 3.63) is 65.3 Å². The molecule has 8 heteroatoms. The van der Waals surface area contributed by atoms with Crippen molar-refractivity contribution in [2.24, 2.45) is 0 Å². The summed E-state index contributed by atoms with van der Waals surface area (Å²) in [5.74, 6) is 0.859. The van der Waals surface area contributed by atoms with Gasteiger partial charge in [-0.25, -0.2) is 0 Å². The molecule has 27 heavy (non-hydrogen) atoms. The second-order valence-corrected chi connectivity index (χ2v) is 6.30. The van der Waals surface area contributed by atoms with Crippen LogP contribution in [0.25, 0.3) is 0 Å². The summed E-state index contributed by atoms with van der Waals surface area (Å²) >= 11 is 5.99. The summed E-state index contributed by atoms with van der Waals surface area (Å²) in [6.07, 6.45) is 2.33. The van der Waals surface area contributed by atoms with Crippen LogP contribution in [0.1, 0.15) is 12.5 Å². The van der Waals surface area contributed by atoms with E-state index in [1.54, 1.807) is 0 Å². The molecule has 0 aliphatic rings. The number of benzene rings is 2. The van der Waals surface area contributed by atoms with Crippen LogP contribution in [0.2, 0.25) is 5.02 Å². The summed E-state index contributed by atoms with van der Waals surface area (Å²) in [6, 6.07) is 15.1. The summed E-state index contributed by atoms with van der Waals surface area (Å²) in [7, 11) is 0. The Morgan fingerprint density at radius 2 is 1.93 bits per heavy atom. The van der Waals surface area contributed by atoms with E-state index in [1.165, 1.54) is 13.1 Å². The highest BCUT2D eigenvalue weighted by molar-refractivity contribution is 6.30. The molecule has 3 aromatic rings. The molecule has 0 spiro atoms. The van der Waals surface area contributed by atoms with Gasteiger partial charge in [-0.2, -0.15) is 10.1 Å². The Morgan fingerprint density at radius 1 is 1.11 bits per heavy atom. The van der Waals surface area contributed by atoms with Gasteiger partial charge in [-0.3, -0.25) is 4.79 Å². The van der Waals surface area contributed by atoms with Crippen LogP contribution in [-0.2, 0) is 11.2 Å². The highest BCUT2D eigenvalue weighted by Crippen LogP contribution is 2.19. The van der Waals surface area contributed by atoms with Gasteiger partial charge in [0.25, 0.3) is 0 Å². The van der Waals surface area contributed by atoms with Crippen LogP contribution in [0.3, 0.4) is 0 Å². The van der Waals surface area contributed by atoms with E-state index in [-0.39, 0.29) is 5.91 Å². The largest absolute Gasteiger partial charge is 0.353 e. The molecule has 0 saturated heterocycles. The van der Waals surface area contributed by atoms with E-state index in [2.05, 4.69) is 31.1 Å². The minimum atomic E-state index is -0.123. The zero-order valence-electron chi connectivity index (χ0n) is 14.7. The first-order chi connectivity index (χ1) is 13.1. The molecule has 7 nitrogen and oxygen atoms in total. The number of hydrogen-bond acceptors (Lipinski definition) is 6. The van der Waals surface area contributed by atoms with Gasteiger partial charge in [0.2, 0.25) is 11.9 Å². The lowest BCUT2D eigenvalue weighted by atomic mass is 10.1. The highest BCUT2D eigenvalue weighted by atomic mass is 35.5. The molecule has 138 valence electrons. The summed E-state index contributed by atoms with van der Waals surface area (Å²) in [5.41, 5.74) is 2.62. The number of amides is 1. The van der Waals surface area contributed by atoms with Crippen LogP contribution in [0.4, 0.5) is 23.1 Å². The van der Waals surface area contributed by atoms with E-state index in [1.807, 2.05) is 48.5 Å². The Hall–Kier alpha value is -3.19. The number of hydrogen-bond donors (Lipinski definition) is 3. The fraction of sp³-hybridized carbons (Fsp3) is 0.158. The zero-order valence-corrected chi connectivity index (χ0v) is 15.5. The first-order valence-corrected chi connectivity index (χ1v) is 8.79. The van der Waals surface area contributed by atoms with E-state index in [4.69, 9.17) is 11.6 Å². The molecule has 0 saturated carbocycles. The molecule has 0 radical (unpaired) electrons. The molecular formula is C19H19ClN6O. The quantitative estimate of drug-likeness (QED) is 0.574. The lowest BCUT2D eigenvalue weighted by Crippen LogP contribution is -2.10. The zero-order chi connectivity index (χ0) is 19.1. The van der Waals surface area contributed by atoms with E-state index < -0.39 is 0 Å². The van der Waals surface area contributed by atoms with Crippen LogP contribution in [0.5, 0.6) is 0 Å². The van der Waals surface area contributed by atoms with Crippen molar-refractivity contribution in [1.82, 2.24) is 15.2 Å². The molecule has 0 atom stereocenters. The van der Waals surface area contributed by atoms with E-state index in [9.17, 15) is 4.79 Å². The number of halogens is 1. The highest BCUT2D eigenvalue weighted by Gasteiger charge is 2.03. The Kier molecular flexibility index (Phi) is 6.17. The Labute approximate surface area is 162 Å². The second-order valence-electron chi connectivity index (χ2n) is 5.86. The van der Waals surface area contributed by atoms with Crippen molar-refractivity contribution >= 4 is 40.6 Å². The maximum atomic E-state index is 11.2. The van der Waals surface area contributed by atoms with Gasteiger partial charge >= 0.3 is 0 Å². The number of carbonyl (C=O) groups is 1. The lowest BCUT2D eigenvalue weighted by Gasteiger charge is -2.09. The minimum absolute atomic E-state index is 0.123. The van der Waals surface area contributed by atoms with Gasteiger partial charge in [0, 0.05) is 29.9 Å². The van der Waals surface area contributed by atoms with Crippen LogP contribution in [0, 0.1) is 0 Å². The fourth-order valence-electron chi connectivity index (χ4n) is 2.48. The van der Waals surface area contributed by atoms with Crippen molar-refractivity contribution in [1.29, 1.82) is 0 Å². The third kappa shape index (κ3) is 5.93. The van der Waals surface area contributed by atoms with Crippen molar-refractivity contribution in [2.75, 3.05) is 22.5 Å². The normalized spacial score (nSPS) is 10.3. The predicted octanol–water partition coefficient (Wildman–Crippen LogP) is 3.88. The van der Waals surface area contributed by atoms with Crippen molar-refractivity contribution in [3.63, 3.8) is 0 Å². The molecule has 1 amide bonds. The predicted molar refractivity (Wildman–Crippen MR) is 108 cm³/mol. The summed E-state index contributed by atoms with van der Waals surface area (Å²) < 4.78 is 0. The fourth-order valence-corrected chi connectivity index (χ4v) is 2.69. The molecule has 0 aliphatic heterocycles. The van der Waals surface area contributed by atoms with E-state index in [0.717, 1.165) is 22.7 Å². The van der Waals surface area contributed by atoms with Gasteiger partial charge in [0.05, 0.1) is 6.20 Å². The third-order valence-corrected chi connectivity index (χ3v) is 3.84. The van der Waals surface area contributed by atoms with Gasteiger partial charge in [0.1, 0.15) is 0 Å². The average molecular weight is 383 g/mol. The number of nitrogens with one attached hydrogen (secondary N) is 3. The molecule has 0 aliphatic carbocycles. The van der Waals surface area contributed by atoms with Gasteiger partial charge in [-0.15, -0.1) is 5.10 Å². The summed E-state index contributed by atoms with van der Waals surface area (Å²) in [5, 5.41) is 17.7. The van der Waals surface area contributed by atoms with Crippen LogP contribution < -0.4 is 16.0 Å². The van der Waals surface area contributed by atoms with Crippen LogP contribution in [-0.4, -0.2) is 27.6 Å². The first kappa shape index (κ1) is 18.6. The number of rotatable bonds is 7. The number of carbonyl (C=O) groups excluding carboxylic acids is 1. The molecule has 3 N–H and O–H groups in total. The van der Waals surface area contributed by atoms with Crippen LogP contribution in [0.15, 0.2) is 54.7 Å². The Bertz CT molecular complexity index is 933. The number of aromatic nitrogens is 3. The van der Waals surface area contributed by atoms with Crippen molar-refractivity contribution in [2.45, 2.75) is 13.3 Å². The van der Waals surface area contributed by atoms with Gasteiger partial charge < -0.3 is 16.0 Å². The number of anilines is 4. The SMILES string of the molecule is CC(=O)Nc1cccc(Nc2cnnc(NCCc3cccc(Cl)c3)n2)c1. The molecule has 3 rings (SSSR count). The van der Waals surface area contributed by atoms with Crippen molar-refractivity contribution < 1.29 is 4.79 Å². The second kappa shape index (κ2) is 8.95. The van der Waals surface area contributed by atoms with Crippen molar-refractivity contribution in [3.8, 4) is 0 Å². The molecule has 0 fully saturated rings. The molecule has 2 aromatic carbocycles. The minimum Gasteiger partial charge on any atom is -0.353 e. The Morgan fingerprint density at radius 3 is 2.74 bits per heavy atom. The lowest BCUT2D eigenvalue weighted by molar-refractivity contribution is -0.114. The van der Waals surface area contributed by atoms with E-state index >= 15 is 0 Å². The average Bonchev–Trinajstić information content (AvgIpc) is 2.62. The molecule has 1 heterocycles. The first-order valence-electron chi connectivity index (χ1n) is 8.41. The van der Waals surface area contributed by atoms with Gasteiger partial charge in [-0.05, 0) is 42.3 Å². The molecular weight excluding hydrogens is 364 g/mol. The monoisotopic (exact) mass is 382 g/mol. The summed E-state index contributed by atoms with van der Waals surface area (Å²) in [4.78, 5) is 15.6. The number of nitrogens with zero attached hydrogens (tertiary/aromatic N) is 3. The van der Waals surface area contributed by atoms with Gasteiger partial charge in [0.15, 0.2) is 5.82 Å². The third-order valence-electron chi connectivity index (χ3n) is 3.60. The van der Waals surface area contributed by atoms with E-state index in [0.29, 0.717) is 24.0 Å². The standard InChI is InChI=1S/C19H19ClN6O/c1-13(27)23-16-6-3-7-17(11-16)24-18-12-22-26-19(25-18)21-9-8-14-4-2-5-15(20)10-14/h2-7,10-12H,8-9H2,1H3,(H,23,27)(H2,21,24,25,26). The molecule has 0 unspecified atom stereocenters. The smallest absolute Gasteiger partial charge is 0.244 e. The Balaban J connectivity index is 1.59. The maximum absolute atomic E-state index is 11.2. The molecule has 0 bridgehead atoms. The maximum Gasteiger partial charge on any atom is 0.244 e.